The Balaban J connectivity index is 2.43. The molecule has 88 valence electrons. The zero-order valence-corrected chi connectivity index (χ0v) is 10.6. The Hall–Kier alpha value is -0.990. The molecule has 16 heavy (non-hydrogen) atoms. The van der Waals surface area contributed by atoms with Crippen molar-refractivity contribution in [1.29, 1.82) is 0 Å². The van der Waals surface area contributed by atoms with Crippen LogP contribution in [0, 0.1) is 0 Å². The fourth-order valence-corrected chi connectivity index (χ4v) is 1.55. The van der Waals surface area contributed by atoms with Crippen LogP contribution in [-0.2, 0) is 6.42 Å². The zero-order chi connectivity index (χ0) is 12.0. The molecule has 0 aromatic heterocycles. The molecule has 1 unspecified atom stereocenters. The van der Waals surface area contributed by atoms with Gasteiger partial charge in [-0.15, -0.1) is 0 Å². The number of halogens is 1. The van der Waals surface area contributed by atoms with Gasteiger partial charge in [-0.25, -0.2) is 0 Å². The summed E-state index contributed by atoms with van der Waals surface area (Å²) in [7, 11) is 1.67. The monoisotopic (exact) mass is 239 g/mol. The molecule has 0 aliphatic heterocycles. The van der Waals surface area contributed by atoms with Crippen LogP contribution in [0.2, 0.25) is 0 Å². The third-order valence-corrected chi connectivity index (χ3v) is 2.48. The standard InChI is InChI=1S/C13H18ClNO/c1-10(14)9-15-11(2)8-12-4-6-13(16-3)7-5-12/h4-7,11,15H,1,8-9H2,2-3H3. The van der Waals surface area contributed by atoms with Gasteiger partial charge in [-0.1, -0.05) is 30.3 Å². The minimum absolute atomic E-state index is 0.379. The van der Waals surface area contributed by atoms with E-state index < -0.39 is 0 Å². The number of hydrogen-bond donors (Lipinski definition) is 1. The van der Waals surface area contributed by atoms with Crippen molar-refractivity contribution in [2.24, 2.45) is 0 Å². The lowest BCUT2D eigenvalue weighted by Crippen LogP contribution is -2.28. The predicted molar refractivity (Wildman–Crippen MR) is 69.2 cm³/mol. The highest BCUT2D eigenvalue weighted by atomic mass is 35.5. The second-order valence-corrected chi connectivity index (χ2v) is 4.39. The van der Waals surface area contributed by atoms with Gasteiger partial charge in [0.25, 0.3) is 0 Å². The van der Waals surface area contributed by atoms with E-state index in [9.17, 15) is 0 Å². The molecule has 0 aliphatic rings. The maximum Gasteiger partial charge on any atom is 0.118 e. The fraction of sp³-hybridized carbons (Fsp3) is 0.385. The fourth-order valence-electron chi connectivity index (χ4n) is 1.47. The number of ether oxygens (including phenoxy) is 1. The van der Waals surface area contributed by atoms with Crippen LogP contribution in [0.3, 0.4) is 0 Å². The number of rotatable bonds is 6. The van der Waals surface area contributed by atoms with Gasteiger partial charge in [0.2, 0.25) is 0 Å². The van der Waals surface area contributed by atoms with Crippen LogP contribution in [0.25, 0.3) is 0 Å². The van der Waals surface area contributed by atoms with Crippen molar-refractivity contribution in [1.82, 2.24) is 5.32 Å². The van der Waals surface area contributed by atoms with Crippen molar-refractivity contribution in [2.45, 2.75) is 19.4 Å². The van der Waals surface area contributed by atoms with Crippen LogP contribution in [-0.4, -0.2) is 19.7 Å². The quantitative estimate of drug-likeness (QED) is 0.824. The van der Waals surface area contributed by atoms with E-state index in [0.29, 0.717) is 17.6 Å². The van der Waals surface area contributed by atoms with E-state index in [1.165, 1.54) is 5.56 Å². The first-order valence-electron chi connectivity index (χ1n) is 5.31. The Morgan fingerprint density at radius 3 is 2.56 bits per heavy atom. The maximum absolute atomic E-state index is 5.69. The van der Waals surface area contributed by atoms with Crippen LogP contribution >= 0.6 is 11.6 Å². The van der Waals surface area contributed by atoms with Crippen LogP contribution in [0.1, 0.15) is 12.5 Å². The summed E-state index contributed by atoms with van der Waals surface area (Å²) in [5, 5.41) is 3.94. The molecule has 0 aliphatic carbocycles. The topological polar surface area (TPSA) is 21.3 Å². The molecule has 0 amide bonds. The highest BCUT2D eigenvalue weighted by molar-refractivity contribution is 6.29. The first-order valence-corrected chi connectivity index (χ1v) is 5.69. The first-order chi connectivity index (χ1) is 7.61. The van der Waals surface area contributed by atoms with E-state index in [2.05, 4.69) is 31.0 Å². The number of methoxy groups -OCH3 is 1. The molecular formula is C13H18ClNO. The number of benzene rings is 1. The Kier molecular flexibility index (Phi) is 5.36. The van der Waals surface area contributed by atoms with Gasteiger partial charge in [-0.2, -0.15) is 0 Å². The zero-order valence-electron chi connectivity index (χ0n) is 9.79. The Labute approximate surface area is 102 Å². The molecule has 1 aromatic rings. The lowest BCUT2D eigenvalue weighted by atomic mass is 10.1. The van der Waals surface area contributed by atoms with E-state index in [4.69, 9.17) is 16.3 Å². The summed E-state index contributed by atoms with van der Waals surface area (Å²) in [5.41, 5.74) is 1.28. The minimum atomic E-state index is 0.379. The van der Waals surface area contributed by atoms with Crippen LogP contribution in [0.15, 0.2) is 35.9 Å². The van der Waals surface area contributed by atoms with Crippen molar-refractivity contribution in [3.63, 3.8) is 0 Å². The van der Waals surface area contributed by atoms with E-state index in [1.807, 2.05) is 12.1 Å². The number of hydrogen-bond acceptors (Lipinski definition) is 2. The van der Waals surface area contributed by atoms with Crippen molar-refractivity contribution in [2.75, 3.05) is 13.7 Å². The maximum atomic E-state index is 5.69. The first kappa shape index (κ1) is 13.1. The molecule has 0 radical (unpaired) electrons. The molecule has 1 rings (SSSR count). The summed E-state index contributed by atoms with van der Waals surface area (Å²) >= 11 is 5.69. The van der Waals surface area contributed by atoms with Gasteiger partial charge in [0.1, 0.15) is 5.75 Å². The third kappa shape index (κ3) is 4.69. The summed E-state index contributed by atoms with van der Waals surface area (Å²) in [6.07, 6.45) is 0.966. The second kappa shape index (κ2) is 6.56. The average molecular weight is 240 g/mol. The molecule has 0 fully saturated rings. The Morgan fingerprint density at radius 1 is 1.44 bits per heavy atom. The van der Waals surface area contributed by atoms with Crippen molar-refractivity contribution >= 4 is 11.6 Å². The van der Waals surface area contributed by atoms with Gasteiger partial charge in [0, 0.05) is 17.6 Å². The second-order valence-electron chi connectivity index (χ2n) is 3.85. The van der Waals surface area contributed by atoms with Gasteiger partial charge in [0.05, 0.1) is 7.11 Å². The minimum Gasteiger partial charge on any atom is -0.497 e. The molecule has 1 aromatic carbocycles. The van der Waals surface area contributed by atoms with E-state index in [-0.39, 0.29) is 0 Å². The molecule has 0 bridgehead atoms. The molecule has 2 nitrogen and oxygen atoms in total. The van der Waals surface area contributed by atoms with Gasteiger partial charge in [-0.05, 0) is 31.0 Å². The van der Waals surface area contributed by atoms with Gasteiger partial charge < -0.3 is 10.1 Å². The Bertz CT molecular complexity index is 334. The summed E-state index contributed by atoms with van der Waals surface area (Å²) in [5.74, 6) is 0.887. The van der Waals surface area contributed by atoms with Gasteiger partial charge >= 0.3 is 0 Å². The SMILES string of the molecule is C=C(Cl)CNC(C)Cc1ccc(OC)cc1. The molecule has 0 saturated heterocycles. The van der Waals surface area contributed by atoms with Crippen molar-refractivity contribution in [3.05, 3.63) is 41.4 Å². The average Bonchev–Trinajstić information content (AvgIpc) is 2.27. The van der Waals surface area contributed by atoms with Crippen LogP contribution in [0.4, 0.5) is 0 Å². The highest BCUT2D eigenvalue weighted by Crippen LogP contribution is 2.12. The third-order valence-electron chi connectivity index (χ3n) is 2.34. The normalized spacial score (nSPS) is 12.2. The van der Waals surface area contributed by atoms with E-state index in [1.54, 1.807) is 7.11 Å². The Morgan fingerprint density at radius 2 is 2.06 bits per heavy atom. The molecule has 0 saturated carbocycles. The van der Waals surface area contributed by atoms with Gasteiger partial charge in [-0.3, -0.25) is 0 Å². The molecule has 0 spiro atoms. The van der Waals surface area contributed by atoms with E-state index in [0.717, 1.165) is 12.2 Å². The van der Waals surface area contributed by atoms with Crippen LogP contribution in [0.5, 0.6) is 5.75 Å². The molecule has 1 N–H and O–H groups in total. The molecule has 0 heterocycles. The summed E-state index contributed by atoms with van der Waals surface area (Å²) < 4.78 is 5.11. The lowest BCUT2D eigenvalue weighted by Gasteiger charge is -2.13. The van der Waals surface area contributed by atoms with Gasteiger partial charge in [0.15, 0.2) is 0 Å². The summed E-state index contributed by atoms with van der Waals surface area (Å²) in [4.78, 5) is 0. The molecule has 1 atom stereocenters. The lowest BCUT2D eigenvalue weighted by molar-refractivity contribution is 0.414. The van der Waals surface area contributed by atoms with Crippen molar-refractivity contribution < 1.29 is 4.74 Å². The van der Waals surface area contributed by atoms with Crippen LogP contribution < -0.4 is 10.1 Å². The van der Waals surface area contributed by atoms with Crippen molar-refractivity contribution in [3.8, 4) is 5.75 Å². The molecule has 3 heteroatoms. The summed E-state index contributed by atoms with van der Waals surface area (Å²) in [6, 6.07) is 8.48. The summed E-state index contributed by atoms with van der Waals surface area (Å²) in [6.45, 7) is 6.42. The van der Waals surface area contributed by atoms with E-state index >= 15 is 0 Å². The predicted octanol–water partition coefficient (Wildman–Crippen LogP) is 2.97. The smallest absolute Gasteiger partial charge is 0.118 e. The number of nitrogens with one attached hydrogen (secondary N) is 1. The highest BCUT2D eigenvalue weighted by Gasteiger charge is 2.03. The largest absolute Gasteiger partial charge is 0.497 e. The molecular weight excluding hydrogens is 222 g/mol.